The van der Waals surface area contributed by atoms with Gasteiger partial charge in [-0.3, -0.25) is 0 Å². The summed E-state index contributed by atoms with van der Waals surface area (Å²) in [6.07, 6.45) is 0.832. The van der Waals surface area contributed by atoms with Gasteiger partial charge < -0.3 is 20.1 Å². The van der Waals surface area contributed by atoms with E-state index in [1.807, 2.05) is 6.92 Å². The lowest BCUT2D eigenvalue weighted by molar-refractivity contribution is 0.0839. The number of nitrogens with zero attached hydrogens (tertiary/aromatic N) is 1. The lowest BCUT2D eigenvalue weighted by Gasteiger charge is -2.23. The molecule has 1 aliphatic rings. The third-order valence-electron chi connectivity index (χ3n) is 3.58. The van der Waals surface area contributed by atoms with E-state index in [-0.39, 0.29) is 0 Å². The molecule has 1 saturated heterocycles. The number of aliphatic hydroxyl groups is 1. The zero-order valence-corrected chi connectivity index (χ0v) is 11.9. The van der Waals surface area contributed by atoms with Crippen LogP contribution in [0.4, 0.5) is 5.69 Å². The molecular weight excluding hydrogens is 240 g/mol. The molecule has 1 aliphatic heterocycles. The molecule has 0 amide bonds. The molecular formula is C15H24N2O2. The van der Waals surface area contributed by atoms with Crippen LogP contribution in [0.2, 0.25) is 0 Å². The van der Waals surface area contributed by atoms with Crippen molar-refractivity contribution in [1.82, 2.24) is 5.32 Å². The Balaban J connectivity index is 2.00. The van der Waals surface area contributed by atoms with Crippen LogP contribution in [0.5, 0.6) is 0 Å². The first-order chi connectivity index (χ1) is 9.12. The predicted octanol–water partition coefficient (Wildman–Crippen LogP) is 1.38. The van der Waals surface area contributed by atoms with Crippen LogP contribution in [0.1, 0.15) is 18.9 Å². The van der Waals surface area contributed by atoms with E-state index in [9.17, 15) is 5.11 Å². The first-order valence-electron chi connectivity index (χ1n) is 6.87. The number of para-hydroxylation sites is 1. The second-order valence-corrected chi connectivity index (χ2v) is 5.47. The van der Waals surface area contributed by atoms with E-state index in [2.05, 4.69) is 34.5 Å². The van der Waals surface area contributed by atoms with Gasteiger partial charge in [0.1, 0.15) is 0 Å². The van der Waals surface area contributed by atoms with Crippen molar-refractivity contribution >= 4 is 5.69 Å². The van der Waals surface area contributed by atoms with Crippen molar-refractivity contribution in [2.75, 3.05) is 38.3 Å². The summed E-state index contributed by atoms with van der Waals surface area (Å²) in [5.74, 6) is 0. The monoisotopic (exact) mass is 264 g/mol. The summed E-state index contributed by atoms with van der Waals surface area (Å²) in [6.45, 7) is 5.94. The van der Waals surface area contributed by atoms with Gasteiger partial charge in [-0.05, 0) is 25.0 Å². The maximum atomic E-state index is 10.1. The highest BCUT2D eigenvalue weighted by atomic mass is 16.5. The number of hydrogen-bond acceptors (Lipinski definition) is 4. The quantitative estimate of drug-likeness (QED) is 0.762. The van der Waals surface area contributed by atoms with Crippen molar-refractivity contribution in [3.05, 3.63) is 29.8 Å². The molecule has 106 valence electrons. The van der Waals surface area contributed by atoms with E-state index in [1.165, 1.54) is 11.3 Å². The first kappa shape index (κ1) is 14.3. The second-order valence-electron chi connectivity index (χ2n) is 5.47. The predicted molar refractivity (Wildman–Crippen MR) is 77.5 cm³/mol. The van der Waals surface area contributed by atoms with E-state index >= 15 is 0 Å². The third-order valence-corrected chi connectivity index (χ3v) is 3.58. The Bertz CT molecular complexity index is 407. The van der Waals surface area contributed by atoms with E-state index in [1.54, 1.807) is 7.11 Å². The number of methoxy groups -OCH3 is 1. The number of anilines is 1. The van der Waals surface area contributed by atoms with Crippen LogP contribution >= 0.6 is 0 Å². The molecule has 1 unspecified atom stereocenters. The molecule has 19 heavy (non-hydrogen) atoms. The Morgan fingerprint density at radius 1 is 1.42 bits per heavy atom. The van der Waals surface area contributed by atoms with Gasteiger partial charge in [0.05, 0.1) is 12.2 Å². The molecule has 1 aromatic rings. The zero-order chi connectivity index (χ0) is 13.7. The number of nitrogens with one attached hydrogen (secondary N) is 1. The van der Waals surface area contributed by atoms with Crippen LogP contribution in [-0.2, 0) is 11.3 Å². The molecule has 4 heteroatoms. The molecule has 0 saturated carbocycles. The van der Waals surface area contributed by atoms with Crippen molar-refractivity contribution in [2.45, 2.75) is 25.5 Å². The number of rotatable bonds is 6. The highest BCUT2D eigenvalue weighted by molar-refractivity contribution is 5.54. The second kappa shape index (κ2) is 6.37. The summed E-state index contributed by atoms with van der Waals surface area (Å²) in [5, 5.41) is 13.5. The van der Waals surface area contributed by atoms with Gasteiger partial charge in [0.2, 0.25) is 0 Å². The Labute approximate surface area is 115 Å². The number of ether oxygens (including phenoxy) is 1. The summed E-state index contributed by atoms with van der Waals surface area (Å²) in [4.78, 5) is 2.27. The fourth-order valence-electron chi connectivity index (χ4n) is 2.52. The summed E-state index contributed by atoms with van der Waals surface area (Å²) >= 11 is 0. The van der Waals surface area contributed by atoms with Crippen LogP contribution in [-0.4, -0.2) is 44.1 Å². The van der Waals surface area contributed by atoms with Crippen molar-refractivity contribution in [1.29, 1.82) is 0 Å². The van der Waals surface area contributed by atoms with Crippen molar-refractivity contribution in [3.63, 3.8) is 0 Å². The summed E-state index contributed by atoms with van der Waals surface area (Å²) < 4.78 is 5.03. The molecule has 0 bridgehead atoms. The molecule has 2 N–H and O–H groups in total. The van der Waals surface area contributed by atoms with Crippen LogP contribution < -0.4 is 10.2 Å². The van der Waals surface area contributed by atoms with Crippen LogP contribution in [0.25, 0.3) is 0 Å². The Morgan fingerprint density at radius 2 is 2.21 bits per heavy atom. The minimum Gasteiger partial charge on any atom is -0.388 e. The number of hydrogen-bond donors (Lipinski definition) is 2. The summed E-state index contributed by atoms with van der Waals surface area (Å²) in [7, 11) is 1.71. The lowest BCUT2D eigenvalue weighted by Crippen LogP contribution is -2.30. The van der Waals surface area contributed by atoms with Crippen LogP contribution in [0.3, 0.4) is 0 Å². The average molecular weight is 264 g/mol. The Hall–Kier alpha value is -1.10. The molecule has 0 aromatic heterocycles. The molecule has 0 aliphatic carbocycles. The van der Waals surface area contributed by atoms with E-state index < -0.39 is 5.60 Å². The van der Waals surface area contributed by atoms with Gasteiger partial charge in [-0.15, -0.1) is 0 Å². The standard InChI is InChI=1S/C15H24N2O2/c1-15(18)7-9-17(12-15)14-6-4-3-5-13(14)11-16-8-10-19-2/h3-6,16,18H,7-12H2,1-2H3. The maximum Gasteiger partial charge on any atom is 0.0810 e. The highest BCUT2D eigenvalue weighted by Crippen LogP contribution is 2.28. The van der Waals surface area contributed by atoms with E-state index in [0.717, 1.165) is 32.7 Å². The molecule has 2 rings (SSSR count). The fraction of sp³-hybridized carbons (Fsp3) is 0.600. The van der Waals surface area contributed by atoms with Crippen LogP contribution in [0.15, 0.2) is 24.3 Å². The van der Waals surface area contributed by atoms with Crippen molar-refractivity contribution in [2.24, 2.45) is 0 Å². The molecule has 0 spiro atoms. The van der Waals surface area contributed by atoms with Gasteiger partial charge in [-0.2, -0.15) is 0 Å². The largest absolute Gasteiger partial charge is 0.388 e. The zero-order valence-electron chi connectivity index (χ0n) is 11.9. The Kier molecular flexibility index (Phi) is 4.80. The minimum atomic E-state index is -0.559. The molecule has 1 fully saturated rings. The van der Waals surface area contributed by atoms with Crippen molar-refractivity contribution in [3.8, 4) is 0 Å². The highest BCUT2D eigenvalue weighted by Gasteiger charge is 2.31. The Morgan fingerprint density at radius 3 is 2.89 bits per heavy atom. The van der Waals surface area contributed by atoms with Crippen molar-refractivity contribution < 1.29 is 9.84 Å². The molecule has 0 radical (unpaired) electrons. The average Bonchev–Trinajstić information content (AvgIpc) is 2.75. The van der Waals surface area contributed by atoms with E-state index in [0.29, 0.717) is 6.54 Å². The topological polar surface area (TPSA) is 44.7 Å². The van der Waals surface area contributed by atoms with Gasteiger partial charge in [-0.25, -0.2) is 0 Å². The summed E-state index contributed by atoms with van der Waals surface area (Å²) in [5.41, 5.74) is 1.94. The third kappa shape index (κ3) is 3.93. The van der Waals surface area contributed by atoms with E-state index in [4.69, 9.17) is 4.74 Å². The molecule has 1 atom stereocenters. The molecule has 4 nitrogen and oxygen atoms in total. The van der Waals surface area contributed by atoms with Gasteiger partial charge in [0, 0.05) is 39.0 Å². The summed E-state index contributed by atoms with van der Waals surface area (Å²) in [6, 6.07) is 8.39. The molecule has 1 heterocycles. The van der Waals surface area contributed by atoms with Gasteiger partial charge in [0.25, 0.3) is 0 Å². The number of β-amino-alcohol motifs (C(OH)–C–C–N with tert-alkyl or cyclic N) is 1. The SMILES string of the molecule is COCCNCc1ccccc1N1CCC(C)(O)C1. The lowest BCUT2D eigenvalue weighted by atomic mass is 10.1. The molecule has 1 aromatic carbocycles. The smallest absolute Gasteiger partial charge is 0.0810 e. The van der Waals surface area contributed by atoms with Gasteiger partial charge >= 0.3 is 0 Å². The normalized spacial score (nSPS) is 23.0. The van der Waals surface area contributed by atoms with Gasteiger partial charge in [-0.1, -0.05) is 18.2 Å². The number of benzene rings is 1. The van der Waals surface area contributed by atoms with Gasteiger partial charge in [0.15, 0.2) is 0 Å². The first-order valence-corrected chi connectivity index (χ1v) is 6.87. The maximum absolute atomic E-state index is 10.1. The fourth-order valence-corrected chi connectivity index (χ4v) is 2.52. The minimum absolute atomic E-state index is 0.559. The van der Waals surface area contributed by atoms with Crippen LogP contribution in [0, 0.1) is 0 Å².